The molecule has 0 amide bonds. The molecule has 1 spiro atoms. The molecule has 0 N–H and O–H groups in total. The van der Waals surface area contributed by atoms with Gasteiger partial charge in [0.2, 0.25) is 5.95 Å². The molecule has 1 aromatic heterocycles. The van der Waals surface area contributed by atoms with Crippen LogP contribution in [0.5, 0.6) is 0 Å². The quantitative estimate of drug-likeness (QED) is 0.713. The zero-order valence-electron chi connectivity index (χ0n) is 10.7. The van der Waals surface area contributed by atoms with E-state index in [9.17, 15) is 0 Å². The summed E-state index contributed by atoms with van der Waals surface area (Å²) in [5.41, 5.74) is 2.96. The van der Waals surface area contributed by atoms with Crippen molar-refractivity contribution in [3.05, 3.63) is 17.5 Å². The summed E-state index contributed by atoms with van der Waals surface area (Å²) in [4.78, 5) is 13.9. The van der Waals surface area contributed by atoms with E-state index >= 15 is 0 Å². The van der Waals surface area contributed by atoms with Gasteiger partial charge in [0.1, 0.15) is 0 Å². The van der Waals surface area contributed by atoms with Crippen LogP contribution in [0.3, 0.4) is 0 Å². The first-order valence-corrected chi connectivity index (χ1v) is 6.60. The number of hydrogen-bond donors (Lipinski definition) is 0. The lowest BCUT2D eigenvalue weighted by atomic mass is 9.78. The number of fused-ring (bicyclic) bond motifs is 1. The van der Waals surface area contributed by atoms with Gasteiger partial charge in [-0.2, -0.15) is 0 Å². The number of rotatable bonds is 1. The molecule has 4 heterocycles. The molecule has 2 saturated heterocycles. The third-order valence-electron chi connectivity index (χ3n) is 4.26. The Bertz CT molecular complexity index is 478. The molecule has 0 bridgehead atoms. The average Bonchev–Trinajstić information content (AvgIpc) is 2.25. The first kappa shape index (κ1) is 10.7. The molecular weight excluding hydrogens is 228 g/mol. The van der Waals surface area contributed by atoms with Crippen molar-refractivity contribution in [1.82, 2.24) is 14.9 Å². The van der Waals surface area contributed by atoms with E-state index < -0.39 is 0 Å². The van der Waals surface area contributed by atoms with Gasteiger partial charge in [0.25, 0.3) is 0 Å². The van der Waals surface area contributed by atoms with Crippen LogP contribution in [0.1, 0.15) is 11.3 Å². The fourth-order valence-corrected chi connectivity index (χ4v) is 3.08. The highest BCUT2D eigenvalue weighted by atomic mass is 16.5. The predicted octanol–water partition coefficient (Wildman–Crippen LogP) is 0.301. The number of likely N-dealkylation sites (N-methyl/N-ethyl adjacent to an activating group) is 1. The normalized spacial score (nSPS) is 25.5. The second kappa shape index (κ2) is 3.65. The summed E-state index contributed by atoms with van der Waals surface area (Å²) < 4.78 is 5.29. The minimum Gasteiger partial charge on any atom is -0.380 e. The Morgan fingerprint density at radius 1 is 1.33 bits per heavy atom. The number of anilines is 1. The number of nitrogens with zero attached hydrogens (tertiary/aromatic N) is 4. The maximum Gasteiger partial charge on any atom is 0.225 e. The van der Waals surface area contributed by atoms with Crippen LogP contribution in [0, 0.1) is 5.41 Å². The second-order valence-electron chi connectivity index (χ2n) is 5.98. The van der Waals surface area contributed by atoms with Crippen molar-refractivity contribution >= 4 is 5.95 Å². The summed E-state index contributed by atoms with van der Waals surface area (Å²) in [7, 11) is 2.15. The van der Waals surface area contributed by atoms with Gasteiger partial charge in [0.15, 0.2) is 0 Å². The third-order valence-corrected chi connectivity index (χ3v) is 4.26. The summed E-state index contributed by atoms with van der Waals surface area (Å²) >= 11 is 0. The average molecular weight is 246 g/mol. The smallest absolute Gasteiger partial charge is 0.225 e. The molecule has 0 unspecified atom stereocenters. The van der Waals surface area contributed by atoms with Gasteiger partial charge < -0.3 is 14.5 Å². The van der Waals surface area contributed by atoms with Crippen LogP contribution in [0.2, 0.25) is 0 Å². The highest BCUT2D eigenvalue weighted by Gasteiger charge is 2.49. The Balaban J connectivity index is 1.53. The number of ether oxygens (including phenoxy) is 1. The van der Waals surface area contributed by atoms with Crippen molar-refractivity contribution in [2.75, 3.05) is 44.8 Å². The number of hydrogen-bond acceptors (Lipinski definition) is 5. The molecule has 0 aromatic carbocycles. The Labute approximate surface area is 107 Å². The van der Waals surface area contributed by atoms with Crippen molar-refractivity contribution in [1.29, 1.82) is 0 Å². The Kier molecular flexibility index (Phi) is 2.17. The van der Waals surface area contributed by atoms with E-state index in [1.165, 1.54) is 11.3 Å². The van der Waals surface area contributed by atoms with Crippen LogP contribution in [-0.2, 0) is 17.7 Å². The molecule has 4 rings (SSSR count). The molecule has 0 saturated carbocycles. The summed E-state index contributed by atoms with van der Waals surface area (Å²) in [6.07, 6.45) is 3.05. The van der Waals surface area contributed by atoms with Gasteiger partial charge >= 0.3 is 0 Å². The highest BCUT2D eigenvalue weighted by molar-refractivity contribution is 5.39. The first-order valence-electron chi connectivity index (χ1n) is 6.60. The van der Waals surface area contributed by atoms with E-state index in [2.05, 4.69) is 21.8 Å². The van der Waals surface area contributed by atoms with Crippen LogP contribution in [0.4, 0.5) is 5.95 Å². The molecule has 18 heavy (non-hydrogen) atoms. The maximum absolute atomic E-state index is 5.29. The van der Waals surface area contributed by atoms with Crippen LogP contribution < -0.4 is 4.90 Å². The summed E-state index contributed by atoms with van der Waals surface area (Å²) in [5, 5.41) is 0. The van der Waals surface area contributed by atoms with Crippen molar-refractivity contribution in [2.24, 2.45) is 5.41 Å². The largest absolute Gasteiger partial charge is 0.380 e. The fraction of sp³-hybridized carbons (Fsp3) is 0.692. The molecule has 5 heteroatoms. The summed E-state index contributed by atoms with van der Waals surface area (Å²) in [6, 6.07) is 0. The highest BCUT2D eigenvalue weighted by Crippen LogP contribution is 2.39. The lowest BCUT2D eigenvalue weighted by Crippen LogP contribution is -2.66. The molecular formula is C13H18N4O. The molecule has 0 aliphatic carbocycles. The molecule has 0 radical (unpaired) electrons. The van der Waals surface area contributed by atoms with Gasteiger partial charge in [0.05, 0.1) is 24.3 Å². The van der Waals surface area contributed by atoms with Crippen LogP contribution in [0.25, 0.3) is 0 Å². The molecule has 3 aliphatic heterocycles. The molecule has 5 nitrogen and oxygen atoms in total. The molecule has 2 fully saturated rings. The summed E-state index contributed by atoms with van der Waals surface area (Å²) in [5.74, 6) is 0.913. The number of aromatic nitrogens is 2. The zero-order chi connectivity index (χ0) is 12.2. The summed E-state index contributed by atoms with van der Waals surface area (Å²) in [6.45, 7) is 6.03. The minimum atomic E-state index is 0.430. The van der Waals surface area contributed by atoms with Crippen molar-refractivity contribution in [2.45, 2.75) is 13.0 Å². The van der Waals surface area contributed by atoms with Crippen LogP contribution >= 0.6 is 0 Å². The second-order valence-corrected chi connectivity index (χ2v) is 5.98. The third kappa shape index (κ3) is 1.54. The van der Waals surface area contributed by atoms with E-state index in [-0.39, 0.29) is 0 Å². The van der Waals surface area contributed by atoms with Gasteiger partial charge in [-0.25, -0.2) is 9.97 Å². The van der Waals surface area contributed by atoms with E-state index in [4.69, 9.17) is 9.72 Å². The van der Waals surface area contributed by atoms with E-state index in [1.807, 2.05) is 6.20 Å². The van der Waals surface area contributed by atoms with E-state index in [1.54, 1.807) is 0 Å². The van der Waals surface area contributed by atoms with Crippen molar-refractivity contribution < 1.29 is 4.74 Å². The Morgan fingerprint density at radius 3 is 2.89 bits per heavy atom. The van der Waals surface area contributed by atoms with Crippen LogP contribution in [-0.4, -0.2) is 54.8 Å². The van der Waals surface area contributed by atoms with Gasteiger partial charge in [-0.3, -0.25) is 0 Å². The molecule has 96 valence electrons. The van der Waals surface area contributed by atoms with E-state index in [0.717, 1.165) is 51.8 Å². The predicted molar refractivity (Wildman–Crippen MR) is 67.5 cm³/mol. The van der Waals surface area contributed by atoms with Gasteiger partial charge in [-0.15, -0.1) is 0 Å². The van der Waals surface area contributed by atoms with E-state index in [0.29, 0.717) is 5.41 Å². The lowest BCUT2D eigenvalue weighted by molar-refractivity contribution is -0.127. The molecule has 0 atom stereocenters. The fourth-order valence-electron chi connectivity index (χ4n) is 3.08. The van der Waals surface area contributed by atoms with Crippen molar-refractivity contribution in [3.63, 3.8) is 0 Å². The lowest BCUT2D eigenvalue weighted by Gasteiger charge is -2.54. The van der Waals surface area contributed by atoms with Crippen molar-refractivity contribution in [3.8, 4) is 0 Å². The van der Waals surface area contributed by atoms with Crippen LogP contribution in [0.15, 0.2) is 6.20 Å². The SMILES string of the molecule is CN1CCc2nc(N3CC4(COC4)C3)ncc2C1. The monoisotopic (exact) mass is 246 g/mol. The Morgan fingerprint density at radius 2 is 2.17 bits per heavy atom. The Hall–Kier alpha value is -1.20. The maximum atomic E-state index is 5.29. The van der Waals surface area contributed by atoms with Gasteiger partial charge in [-0.1, -0.05) is 0 Å². The molecule has 3 aliphatic rings. The molecule has 1 aromatic rings. The first-order chi connectivity index (χ1) is 8.74. The van der Waals surface area contributed by atoms with Gasteiger partial charge in [0, 0.05) is 44.4 Å². The standard InChI is InChI=1S/C13H18N4O/c1-16-3-2-11-10(5-16)4-14-12(15-11)17-6-13(7-17)8-18-9-13/h4H,2-3,5-9H2,1H3. The van der Waals surface area contributed by atoms with Gasteiger partial charge in [-0.05, 0) is 7.05 Å². The topological polar surface area (TPSA) is 41.5 Å². The minimum absolute atomic E-state index is 0.430. The zero-order valence-corrected chi connectivity index (χ0v) is 10.7.